The van der Waals surface area contributed by atoms with Gasteiger partial charge in [0.1, 0.15) is 11.6 Å². The Balaban J connectivity index is 2.02. The van der Waals surface area contributed by atoms with E-state index in [2.05, 4.69) is 6.92 Å². The lowest BCUT2D eigenvalue weighted by Gasteiger charge is -2.16. The van der Waals surface area contributed by atoms with Gasteiger partial charge >= 0.3 is 0 Å². The second-order valence-corrected chi connectivity index (χ2v) is 5.34. The predicted octanol–water partition coefficient (Wildman–Crippen LogP) is 3.85. The molecule has 1 aromatic carbocycles. The molecule has 1 aliphatic rings. The third kappa shape index (κ3) is 3.28. The molecule has 0 saturated heterocycles. The van der Waals surface area contributed by atoms with Crippen molar-refractivity contribution in [1.82, 2.24) is 0 Å². The van der Waals surface area contributed by atoms with Crippen molar-refractivity contribution in [1.29, 1.82) is 0 Å². The highest BCUT2D eigenvalue weighted by Crippen LogP contribution is 2.32. The van der Waals surface area contributed by atoms with Gasteiger partial charge in [-0.05, 0) is 12.5 Å². The number of ketones is 1. The number of anilines is 1. The molecular weight excluding hydrogens is 276 g/mol. The molecule has 0 saturated carbocycles. The van der Waals surface area contributed by atoms with Crippen molar-refractivity contribution < 1.29 is 18.4 Å². The van der Waals surface area contributed by atoms with Crippen LogP contribution in [0.1, 0.15) is 55.8 Å². The molecule has 2 rings (SSSR count). The Hall–Kier alpha value is -1.78. The average molecular weight is 295 g/mol. The molecule has 3 nitrogen and oxygen atoms in total. The van der Waals surface area contributed by atoms with Gasteiger partial charge in [-0.15, -0.1) is 0 Å². The number of benzene rings is 1. The number of Topliss-reactive ketones (excluding diaryl/α,β-unsaturated/α-hetero) is 1. The summed E-state index contributed by atoms with van der Waals surface area (Å²) in [6.07, 6.45) is 6.20. The topological polar surface area (TPSA) is 37.4 Å². The second-order valence-electron chi connectivity index (χ2n) is 5.34. The molecule has 1 heterocycles. The summed E-state index contributed by atoms with van der Waals surface area (Å²) in [6.45, 7) is 2.46. The SMILES string of the molecule is CCCCCCCCN1C(=O)C(=O)c2c(F)cc(F)cc21. The Bertz CT molecular complexity index is 557. The first-order valence-electron chi connectivity index (χ1n) is 7.41. The van der Waals surface area contributed by atoms with Crippen molar-refractivity contribution in [2.75, 3.05) is 11.4 Å². The Morgan fingerprint density at radius 3 is 2.38 bits per heavy atom. The van der Waals surface area contributed by atoms with E-state index in [9.17, 15) is 18.4 Å². The maximum Gasteiger partial charge on any atom is 0.299 e. The molecule has 0 fully saturated rings. The van der Waals surface area contributed by atoms with Crippen molar-refractivity contribution >= 4 is 17.4 Å². The molecule has 0 aliphatic carbocycles. The van der Waals surface area contributed by atoms with Gasteiger partial charge in [0.2, 0.25) is 0 Å². The average Bonchev–Trinajstić information content (AvgIpc) is 2.67. The number of carbonyl (C=O) groups is 2. The number of rotatable bonds is 7. The normalized spacial score (nSPS) is 14.0. The van der Waals surface area contributed by atoms with Crippen LogP contribution in [0.3, 0.4) is 0 Å². The lowest BCUT2D eigenvalue weighted by Crippen LogP contribution is -2.30. The van der Waals surface area contributed by atoms with Gasteiger partial charge < -0.3 is 4.90 Å². The van der Waals surface area contributed by atoms with Crippen LogP contribution in [0.4, 0.5) is 14.5 Å². The maximum atomic E-state index is 13.6. The zero-order valence-corrected chi connectivity index (χ0v) is 12.1. The maximum absolute atomic E-state index is 13.6. The van der Waals surface area contributed by atoms with Crippen molar-refractivity contribution in [3.8, 4) is 0 Å². The first-order valence-corrected chi connectivity index (χ1v) is 7.41. The minimum atomic E-state index is -0.964. The summed E-state index contributed by atoms with van der Waals surface area (Å²) in [7, 11) is 0. The number of halogens is 2. The lowest BCUT2D eigenvalue weighted by atomic mass is 10.1. The molecule has 5 heteroatoms. The van der Waals surface area contributed by atoms with Gasteiger partial charge in [-0.25, -0.2) is 8.78 Å². The zero-order valence-electron chi connectivity index (χ0n) is 12.1. The molecule has 0 atom stereocenters. The number of hydrogen-bond donors (Lipinski definition) is 0. The van der Waals surface area contributed by atoms with Crippen LogP contribution in [-0.4, -0.2) is 18.2 Å². The lowest BCUT2D eigenvalue weighted by molar-refractivity contribution is -0.114. The van der Waals surface area contributed by atoms with E-state index in [1.54, 1.807) is 0 Å². The number of fused-ring (bicyclic) bond motifs is 1. The number of nitrogens with zero attached hydrogens (tertiary/aromatic N) is 1. The molecule has 0 radical (unpaired) electrons. The summed E-state index contributed by atoms with van der Waals surface area (Å²) in [4.78, 5) is 24.8. The highest BCUT2D eigenvalue weighted by atomic mass is 19.1. The van der Waals surface area contributed by atoms with Crippen LogP contribution in [0.25, 0.3) is 0 Å². The second kappa shape index (κ2) is 6.78. The molecule has 0 aromatic heterocycles. The van der Waals surface area contributed by atoms with Crippen molar-refractivity contribution in [2.24, 2.45) is 0 Å². The smallest absolute Gasteiger partial charge is 0.299 e. The van der Waals surface area contributed by atoms with Crippen LogP contribution in [0.2, 0.25) is 0 Å². The Labute approximate surface area is 122 Å². The summed E-state index contributed by atoms with van der Waals surface area (Å²) >= 11 is 0. The Morgan fingerprint density at radius 2 is 1.67 bits per heavy atom. The molecule has 21 heavy (non-hydrogen) atoms. The fourth-order valence-electron chi connectivity index (χ4n) is 2.61. The van der Waals surface area contributed by atoms with Crippen LogP contribution in [0.5, 0.6) is 0 Å². The third-order valence-corrected chi connectivity index (χ3v) is 3.73. The van der Waals surface area contributed by atoms with E-state index in [1.165, 1.54) is 11.3 Å². The fraction of sp³-hybridized carbons (Fsp3) is 0.500. The first kappa shape index (κ1) is 15.6. The Kier molecular flexibility index (Phi) is 5.04. The molecule has 1 amide bonds. The van der Waals surface area contributed by atoms with E-state index in [4.69, 9.17) is 0 Å². The van der Waals surface area contributed by atoms with Crippen molar-refractivity contribution in [3.05, 3.63) is 29.3 Å². The van der Waals surface area contributed by atoms with Crippen molar-refractivity contribution in [2.45, 2.75) is 45.4 Å². The minimum absolute atomic E-state index is 0.0658. The van der Waals surface area contributed by atoms with Crippen molar-refractivity contribution in [3.63, 3.8) is 0 Å². The van der Waals surface area contributed by atoms with Gasteiger partial charge in [0.15, 0.2) is 0 Å². The van der Waals surface area contributed by atoms with Gasteiger partial charge in [0, 0.05) is 12.6 Å². The molecule has 1 aromatic rings. The largest absolute Gasteiger partial charge is 0.305 e. The summed E-state index contributed by atoms with van der Waals surface area (Å²) in [5.41, 5.74) is -0.233. The number of unbranched alkanes of at least 4 members (excludes halogenated alkanes) is 5. The predicted molar refractivity (Wildman–Crippen MR) is 76.4 cm³/mol. The van der Waals surface area contributed by atoms with Gasteiger partial charge in [0.05, 0.1) is 11.3 Å². The van der Waals surface area contributed by atoms with E-state index in [-0.39, 0.29) is 11.3 Å². The van der Waals surface area contributed by atoms with E-state index < -0.39 is 23.3 Å². The van der Waals surface area contributed by atoms with Gasteiger partial charge in [-0.1, -0.05) is 39.0 Å². The highest BCUT2D eigenvalue weighted by Gasteiger charge is 2.38. The molecule has 1 aliphatic heterocycles. The van der Waals surface area contributed by atoms with Crippen LogP contribution < -0.4 is 4.90 Å². The fourth-order valence-corrected chi connectivity index (χ4v) is 2.61. The van der Waals surface area contributed by atoms with Crippen LogP contribution in [0, 0.1) is 11.6 Å². The summed E-state index contributed by atoms with van der Waals surface area (Å²) in [6, 6.07) is 1.69. The molecule has 114 valence electrons. The van der Waals surface area contributed by atoms with E-state index in [1.807, 2.05) is 0 Å². The Morgan fingerprint density at radius 1 is 1.00 bits per heavy atom. The van der Waals surface area contributed by atoms with Crippen LogP contribution in [-0.2, 0) is 4.79 Å². The summed E-state index contributed by atoms with van der Waals surface area (Å²) in [5.74, 6) is -3.38. The molecule has 0 N–H and O–H groups in total. The molecule has 0 bridgehead atoms. The van der Waals surface area contributed by atoms with Gasteiger partial charge in [0.25, 0.3) is 11.7 Å². The third-order valence-electron chi connectivity index (χ3n) is 3.73. The van der Waals surface area contributed by atoms with Gasteiger partial charge in [-0.3, -0.25) is 9.59 Å². The van der Waals surface area contributed by atoms with Gasteiger partial charge in [-0.2, -0.15) is 0 Å². The van der Waals surface area contributed by atoms with Crippen LogP contribution in [0.15, 0.2) is 12.1 Å². The van der Waals surface area contributed by atoms with E-state index in [0.29, 0.717) is 12.6 Å². The van der Waals surface area contributed by atoms with E-state index >= 15 is 0 Å². The minimum Gasteiger partial charge on any atom is -0.305 e. The summed E-state index contributed by atoms with van der Waals surface area (Å²) in [5, 5.41) is 0. The quantitative estimate of drug-likeness (QED) is 0.566. The number of amides is 1. The number of carbonyl (C=O) groups excluding carboxylic acids is 2. The van der Waals surface area contributed by atoms with E-state index in [0.717, 1.165) is 38.2 Å². The molecule has 0 spiro atoms. The van der Waals surface area contributed by atoms with Crippen LogP contribution >= 0.6 is 0 Å². The monoisotopic (exact) mass is 295 g/mol. The number of hydrogen-bond acceptors (Lipinski definition) is 2. The first-order chi connectivity index (χ1) is 10.1. The molecular formula is C16H19F2NO2. The molecule has 0 unspecified atom stereocenters. The highest BCUT2D eigenvalue weighted by molar-refractivity contribution is 6.52. The standard InChI is InChI=1S/C16H19F2NO2/c1-2-3-4-5-6-7-8-19-13-10-11(17)9-12(18)14(13)15(20)16(19)21/h9-10H,2-8H2,1H3. The summed E-state index contributed by atoms with van der Waals surface area (Å²) < 4.78 is 26.9. The zero-order chi connectivity index (χ0) is 15.4.